The molecule has 0 radical (unpaired) electrons. The molecule has 0 bridgehead atoms. The number of rotatable bonds is 24. The number of ether oxygens (including phenoxy) is 4. The minimum Gasteiger partial charge on any atom is -0.508 e. The minimum absolute atomic E-state index is 0. The first-order chi connectivity index (χ1) is 50.1. The van der Waals surface area contributed by atoms with Crippen LogP contribution in [0.1, 0.15) is 185 Å². The predicted octanol–water partition coefficient (Wildman–Crippen LogP) is 17.8. The molecule has 5 fully saturated rings. The first-order valence-corrected chi connectivity index (χ1v) is 39.1. The van der Waals surface area contributed by atoms with E-state index >= 15 is 0 Å². The van der Waals surface area contributed by atoms with Gasteiger partial charge >= 0.3 is 0 Å². The molecule has 590 valence electrons. The third-order valence-corrected chi connectivity index (χ3v) is 18.5. The maximum atomic E-state index is 10.5. The number of aromatic hydroxyl groups is 2. The van der Waals surface area contributed by atoms with Gasteiger partial charge in [-0.1, -0.05) is 127 Å². The molecular weight excluding hydrogens is 1430 g/mol. The monoisotopic (exact) mass is 1560 g/mol. The van der Waals surface area contributed by atoms with Gasteiger partial charge in [-0.05, 0) is 249 Å². The number of benzene rings is 6. The normalized spacial score (nSPS) is 15.6. The Morgan fingerprint density at radius 1 is 0.305 bits per heavy atom. The highest BCUT2D eigenvalue weighted by Crippen LogP contribution is 2.19. The van der Waals surface area contributed by atoms with Crippen molar-refractivity contribution in [1.29, 1.82) is 0 Å². The third-order valence-electron chi connectivity index (χ3n) is 18.1. The summed E-state index contributed by atoms with van der Waals surface area (Å²) < 4.78 is 22.9. The molecular formula is C84H128Cl5N5O11. The van der Waals surface area contributed by atoms with E-state index in [1.807, 2.05) is 98.8 Å². The Balaban J connectivity index is 0.000000617. The van der Waals surface area contributed by atoms with Crippen molar-refractivity contribution in [2.24, 2.45) is 0 Å². The van der Waals surface area contributed by atoms with Crippen LogP contribution in [-0.2, 0) is 25.7 Å². The molecule has 21 heteroatoms. The minimum atomic E-state index is 0. The number of carbonyl (C=O) groups excluding carboxylic acids is 2. The lowest BCUT2D eigenvalue weighted by Crippen LogP contribution is -2.29. The molecule has 0 unspecified atom stereocenters. The van der Waals surface area contributed by atoms with E-state index in [4.69, 9.17) is 67.7 Å². The van der Waals surface area contributed by atoms with Crippen LogP contribution in [0.4, 0.5) is 0 Å². The number of likely N-dealkylation sites (tertiary alicyclic amines) is 5. The van der Waals surface area contributed by atoms with Crippen molar-refractivity contribution >= 4 is 73.0 Å². The highest BCUT2D eigenvalue weighted by atomic mass is 35.5. The standard InChI is InChI=1S/C15H22ClNO.2C15H23NO2.C15H21NO2.C8H16ClN.C7H8O2.C7H6O2.C2H6.3ClH/c16-13-14-5-7-15(8-6-14)18-12-11-17-9-3-1-2-4-10-17;3*17-13-14-5-7-15(8-6-14)18-12-11-16-9-3-1-2-4-10-16;9-5-8-10-6-3-1-2-4-7-10;2*8-5-6-1-3-7(9)4-2-6;1-2;;;/h5-8H,1-4,9-13H2;2*5-8,17H,1-4,9-13H2;5-8,13H,1-4,9-12H2;1-8H2;1-4,8-9H,5H2;1-5,9H;1-2H3;3*1H. The smallest absolute Gasteiger partial charge is 0.150 e. The van der Waals surface area contributed by atoms with Gasteiger partial charge in [0, 0.05) is 55.6 Å². The van der Waals surface area contributed by atoms with Crippen LogP contribution in [-0.4, -0.2) is 193 Å². The van der Waals surface area contributed by atoms with Crippen LogP contribution in [0.5, 0.6) is 34.5 Å². The molecule has 0 aliphatic carbocycles. The number of phenolic OH excluding ortho intramolecular Hbond substituents is 2. The van der Waals surface area contributed by atoms with Crippen LogP contribution < -0.4 is 18.9 Å². The number of hydrogen-bond acceptors (Lipinski definition) is 16. The molecule has 11 rings (SSSR count). The van der Waals surface area contributed by atoms with E-state index in [1.165, 1.54) is 206 Å². The van der Waals surface area contributed by atoms with Gasteiger partial charge in [-0.25, -0.2) is 0 Å². The second-order valence-corrected chi connectivity index (χ2v) is 26.6. The molecule has 5 N–H and O–H groups in total. The van der Waals surface area contributed by atoms with Gasteiger partial charge in [0.1, 0.15) is 73.5 Å². The van der Waals surface area contributed by atoms with E-state index < -0.39 is 0 Å². The molecule has 105 heavy (non-hydrogen) atoms. The number of phenols is 2. The highest BCUT2D eigenvalue weighted by molar-refractivity contribution is 6.18. The van der Waals surface area contributed by atoms with E-state index in [1.54, 1.807) is 48.5 Å². The van der Waals surface area contributed by atoms with Crippen molar-refractivity contribution in [1.82, 2.24) is 24.5 Å². The molecule has 5 heterocycles. The van der Waals surface area contributed by atoms with Gasteiger partial charge in [0.25, 0.3) is 0 Å². The lowest BCUT2D eigenvalue weighted by atomic mass is 10.2. The van der Waals surface area contributed by atoms with Gasteiger partial charge in [-0.15, -0.1) is 60.4 Å². The van der Waals surface area contributed by atoms with Crippen molar-refractivity contribution in [3.05, 3.63) is 179 Å². The van der Waals surface area contributed by atoms with Gasteiger partial charge in [-0.3, -0.25) is 29.2 Å². The number of carbonyl (C=O) groups is 2. The average molecular weight is 1560 g/mol. The van der Waals surface area contributed by atoms with Crippen molar-refractivity contribution in [2.45, 2.75) is 168 Å². The SMILES string of the molecule is CC.Cl.Cl.Cl.ClCCN1CCCCCC1.ClCc1ccc(OCCN2CCCCCC2)cc1.O=Cc1ccc(O)cc1.O=Cc1ccc(OCCN2CCCCCC2)cc1.OCc1ccc(O)cc1.OCc1ccc(OCCN2CCCCCC2)cc1.OCc1ccc(OCCN2CCCCCC2)cc1. The number of halogens is 5. The molecule has 0 aromatic heterocycles. The maximum absolute atomic E-state index is 10.5. The number of aliphatic hydroxyl groups is 3. The largest absolute Gasteiger partial charge is 0.508 e. The zero-order valence-electron chi connectivity index (χ0n) is 63.0. The van der Waals surface area contributed by atoms with Gasteiger partial charge in [0.15, 0.2) is 0 Å². The second-order valence-electron chi connectivity index (χ2n) is 26.0. The molecule has 0 spiro atoms. The summed E-state index contributed by atoms with van der Waals surface area (Å²) >= 11 is 11.4. The third kappa shape index (κ3) is 47.9. The Hall–Kier alpha value is -5.41. The van der Waals surface area contributed by atoms with Crippen LogP contribution in [0.3, 0.4) is 0 Å². The lowest BCUT2D eigenvalue weighted by Gasteiger charge is -2.19. The maximum Gasteiger partial charge on any atom is 0.150 e. The Labute approximate surface area is 659 Å². The Morgan fingerprint density at radius 2 is 0.505 bits per heavy atom. The molecule has 6 aromatic rings. The molecule has 0 amide bonds. The quantitative estimate of drug-likeness (QED) is 0.0284. The first-order valence-electron chi connectivity index (χ1n) is 38.0. The number of hydrogen-bond donors (Lipinski definition) is 5. The van der Waals surface area contributed by atoms with Crippen molar-refractivity contribution in [2.75, 3.05) is 130 Å². The van der Waals surface area contributed by atoms with Gasteiger partial charge in [0.05, 0.1) is 19.8 Å². The van der Waals surface area contributed by atoms with Crippen molar-refractivity contribution in [3.63, 3.8) is 0 Å². The number of aliphatic hydroxyl groups excluding tert-OH is 3. The summed E-state index contributed by atoms with van der Waals surface area (Å²) in [6.07, 6.45) is 28.8. The number of aldehydes is 2. The summed E-state index contributed by atoms with van der Waals surface area (Å²) in [5, 5.41) is 44.0. The predicted molar refractivity (Wildman–Crippen MR) is 440 cm³/mol. The highest BCUT2D eigenvalue weighted by Gasteiger charge is 2.13. The topological polar surface area (TPSA) is 188 Å². The zero-order valence-corrected chi connectivity index (χ0v) is 67.0. The first kappa shape index (κ1) is 97.6. The summed E-state index contributed by atoms with van der Waals surface area (Å²) in [4.78, 5) is 33.0. The summed E-state index contributed by atoms with van der Waals surface area (Å²) in [5.74, 6) is 5.33. The zero-order chi connectivity index (χ0) is 73.1. The fourth-order valence-electron chi connectivity index (χ4n) is 11.9. The second kappa shape index (κ2) is 65.7. The van der Waals surface area contributed by atoms with Crippen molar-refractivity contribution in [3.8, 4) is 34.5 Å². The van der Waals surface area contributed by atoms with Crippen LogP contribution >= 0.6 is 60.4 Å². The summed E-state index contributed by atoms with van der Waals surface area (Å²) in [6, 6.07) is 43.2. The van der Waals surface area contributed by atoms with E-state index in [9.17, 15) is 9.59 Å². The Bertz CT molecular complexity index is 2750. The average Bonchev–Trinajstić information content (AvgIpc) is 1.31. The van der Waals surface area contributed by atoms with Crippen LogP contribution in [0.15, 0.2) is 146 Å². The van der Waals surface area contributed by atoms with Gasteiger partial charge < -0.3 is 49.4 Å². The summed E-state index contributed by atoms with van der Waals surface area (Å²) in [5.41, 5.74) is 5.07. The Kier molecular flexibility index (Phi) is 61.0. The van der Waals surface area contributed by atoms with E-state index in [2.05, 4.69) is 24.5 Å². The number of alkyl halides is 2. The molecule has 5 aliphatic heterocycles. The molecule has 0 atom stereocenters. The molecule has 5 aliphatic rings. The Morgan fingerprint density at radius 3 is 0.724 bits per heavy atom. The molecule has 5 saturated heterocycles. The summed E-state index contributed by atoms with van der Waals surface area (Å²) in [6.45, 7) is 24.6. The fraction of sp³-hybridized carbons (Fsp3) is 0.548. The van der Waals surface area contributed by atoms with Crippen LogP contribution in [0, 0.1) is 0 Å². The molecule has 16 nitrogen and oxygen atoms in total. The van der Waals surface area contributed by atoms with E-state index in [-0.39, 0.29) is 68.5 Å². The fourth-order valence-corrected chi connectivity index (χ4v) is 12.4. The number of nitrogens with zero attached hydrogens (tertiary/aromatic N) is 5. The lowest BCUT2D eigenvalue weighted by molar-refractivity contribution is 0.111. The van der Waals surface area contributed by atoms with E-state index in [0.717, 1.165) is 123 Å². The van der Waals surface area contributed by atoms with Crippen molar-refractivity contribution < 1.29 is 54.1 Å². The van der Waals surface area contributed by atoms with Crippen LogP contribution in [0.2, 0.25) is 0 Å². The van der Waals surface area contributed by atoms with Gasteiger partial charge in [0.2, 0.25) is 0 Å². The van der Waals surface area contributed by atoms with Gasteiger partial charge in [-0.2, -0.15) is 0 Å². The molecule has 0 saturated carbocycles. The molecule has 6 aromatic carbocycles. The van der Waals surface area contributed by atoms with Crippen LogP contribution in [0.25, 0.3) is 0 Å². The summed E-state index contributed by atoms with van der Waals surface area (Å²) in [7, 11) is 0. The van der Waals surface area contributed by atoms with E-state index in [0.29, 0.717) is 17.0 Å².